The maximum absolute atomic E-state index is 10.8. The van der Waals surface area contributed by atoms with Crippen molar-refractivity contribution in [2.75, 3.05) is 0 Å². The van der Waals surface area contributed by atoms with Crippen LogP contribution in [0.3, 0.4) is 0 Å². The van der Waals surface area contributed by atoms with Gasteiger partial charge in [-0.3, -0.25) is 4.79 Å². The molecule has 1 nitrogen and oxygen atoms in total. The molecule has 2 aromatic rings. The van der Waals surface area contributed by atoms with E-state index in [1.165, 1.54) is 11.3 Å². The van der Waals surface area contributed by atoms with E-state index in [0.717, 1.165) is 16.7 Å². The summed E-state index contributed by atoms with van der Waals surface area (Å²) in [7, 11) is 0. The van der Waals surface area contributed by atoms with Crippen molar-refractivity contribution < 1.29 is 4.79 Å². The van der Waals surface area contributed by atoms with E-state index in [1.54, 1.807) is 24.3 Å². The molecule has 1 aromatic carbocycles. The fourth-order valence-corrected chi connectivity index (χ4v) is 2.64. The molecule has 0 aliphatic carbocycles. The summed E-state index contributed by atoms with van der Waals surface area (Å²) in [5, 5.41) is 3.07. The van der Waals surface area contributed by atoms with Crippen LogP contribution in [-0.4, -0.2) is 6.29 Å². The molecule has 1 heterocycles. The third-order valence-electron chi connectivity index (χ3n) is 2.00. The van der Waals surface area contributed by atoms with E-state index in [0.29, 0.717) is 15.6 Å². The predicted octanol–water partition coefficient (Wildman–Crippen LogP) is 4.53. The average Bonchev–Trinajstić information content (AvgIpc) is 2.69. The molecule has 0 N–H and O–H groups in total. The predicted molar refractivity (Wildman–Crippen MR) is 65.2 cm³/mol. The van der Waals surface area contributed by atoms with Crippen molar-refractivity contribution in [2.45, 2.75) is 0 Å². The van der Waals surface area contributed by atoms with Gasteiger partial charge in [0, 0.05) is 26.0 Å². The van der Waals surface area contributed by atoms with Crippen LogP contribution < -0.4 is 0 Å². The van der Waals surface area contributed by atoms with Gasteiger partial charge in [-0.2, -0.15) is 0 Å². The van der Waals surface area contributed by atoms with Crippen LogP contribution in [0.4, 0.5) is 0 Å². The molecule has 0 radical (unpaired) electrons. The summed E-state index contributed by atoms with van der Waals surface area (Å²) in [5.74, 6) is 0. The summed E-state index contributed by atoms with van der Waals surface area (Å²) in [6.45, 7) is 0. The first kappa shape index (κ1) is 10.7. The first-order valence-corrected chi connectivity index (χ1v) is 5.84. The van der Waals surface area contributed by atoms with Crippen molar-refractivity contribution in [3.8, 4) is 10.4 Å². The van der Waals surface area contributed by atoms with Gasteiger partial charge in [0.15, 0.2) is 6.29 Å². The molecule has 0 saturated carbocycles. The molecule has 0 aliphatic heterocycles. The van der Waals surface area contributed by atoms with Crippen LogP contribution in [0.25, 0.3) is 10.4 Å². The standard InChI is InChI=1S/C11H6Cl2OS/c12-8-1-2-10(13)9(5-8)11-7(6-14)3-4-15-11/h1-6H. The van der Waals surface area contributed by atoms with Gasteiger partial charge < -0.3 is 0 Å². The van der Waals surface area contributed by atoms with E-state index < -0.39 is 0 Å². The molecule has 0 fully saturated rings. The van der Waals surface area contributed by atoms with Crippen LogP contribution in [-0.2, 0) is 0 Å². The lowest BCUT2D eigenvalue weighted by Gasteiger charge is -2.03. The largest absolute Gasteiger partial charge is 0.298 e. The summed E-state index contributed by atoms with van der Waals surface area (Å²) in [6.07, 6.45) is 0.822. The summed E-state index contributed by atoms with van der Waals surface area (Å²) in [6, 6.07) is 6.99. The van der Waals surface area contributed by atoms with Crippen LogP contribution in [0.2, 0.25) is 10.0 Å². The normalized spacial score (nSPS) is 10.3. The van der Waals surface area contributed by atoms with Crippen molar-refractivity contribution in [3.63, 3.8) is 0 Å². The maximum atomic E-state index is 10.8. The van der Waals surface area contributed by atoms with Crippen molar-refractivity contribution in [1.29, 1.82) is 0 Å². The first-order chi connectivity index (χ1) is 7.22. The monoisotopic (exact) mass is 256 g/mol. The van der Waals surface area contributed by atoms with Crippen LogP contribution in [0.15, 0.2) is 29.6 Å². The van der Waals surface area contributed by atoms with E-state index in [9.17, 15) is 4.79 Å². The number of thiophene rings is 1. The Morgan fingerprint density at radius 3 is 2.73 bits per heavy atom. The number of hydrogen-bond donors (Lipinski definition) is 0. The minimum atomic E-state index is 0.602. The number of hydrogen-bond acceptors (Lipinski definition) is 2. The molecule has 15 heavy (non-hydrogen) atoms. The highest BCUT2D eigenvalue weighted by Crippen LogP contribution is 2.35. The molecule has 0 aliphatic rings. The van der Waals surface area contributed by atoms with Gasteiger partial charge in [-0.25, -0.2) is 0 Å². The zero-order valence-corrected chi connectivity index (χ0v) is 9.86. The molecule has 0 saturated heterocycles. The van der Waals surface area contributed by atoms with Gasteiger partial charge in [-0.15, -0.1) is 11.3 Å². The van der Waals surface area contributed by atoms with Crippen molar-refractivity contribution in [1.82, 2.24) is 0 Å². The summed E-state index contributed by atoms with van der Waals surface area (Å²) < 4.78 is 0. The molecule has 0 amide bonds. The smallest absolute Gasteiger partial charge is 0.151 e. The molecule has 4 heteroatoms. The molecule has 2 rings (SSSR count). The average molecular weight is 257 g/mol. The summed E-state index contributed by atoms with van der Waals surface area (Å²) in [5.41, 5.74) is 1.45. The fourth-order valence-electron chi connectivity index (χ4n) is 1.30. The third-order valence-corrected chi connectivity index (χ3v) is 3.52. The Morgan fingerprint density at radius 1 is 1.20 bits per heavy atom. The van der Waals surface area contributed by atoms with Gasteiger partial charge in [-0.1, -0.05) is 23.2 Å². The quantitative estimate of drug-likeness (QED) is 0.722. The number of carbonyl (C=O) groups excluding carboxylic acids is 1. The first-order valence-electron chi connectivity index (χ1n) is 4.20. The lowest BCUT2D eigenvalue weighted by atomic mass is 10.1. The van der Waals surface area contributed by atoms with Crippen molar-refractivity contribution >= 4 is 40.8 Å². The third kappa shape index (κ3) is 2.07. The maximum Gasteiger partial charge on any atom is 0.151 e. The lowest BCUT2D eigenvalue weighted by Crippen LogP contribution is -1.81. The van der Waals surface area contributed by atoms with Gasteiger partial charge in [-0.05, 0) is 29.6 Å². The van der Waals surface area contributed by atoms with Crippen molar-refractivity contribution in [2.24, 2.45) is 0 Å². The van der Waals surface area contributed by atoms with Gasteiger partial charge in [0.2, 0.25) is 0 Å². The number of aldehydes is 1. The van der Waals surface area contributed by atoms with Crippen molar-refractivity contribution in [3.05, 3.63) is 45.3 Å². The Hall–Kier alpha value is -0.830. The zero-order valence-electron chi connectivity index (χ0n) is 7.54. The Balaban J connectivity index is 2.62. The molecule has 76 valence electrons. The second kappa shape index (κ2) is 4.35. The summed E-state index contributed by atoms with van der Waals surface area (Å²) in [4.78, 5) is 11.6. The van der Waals surface area contributed by atoms with Crippen LogP contribution in [0.1, 0.15) is 10.4 Å². The van der Waals surface area contributed by atoms with Gasteiger partial charge in [0.1, 0.15) is 0 Å². The summed E-state index contributed by atoms with van der Waals surface area (Å²) >= 11 is 13.4. The van der Waals surface area contributed by atoms with Crippen LogP contribution >= 0.6 is 34.5 Å². The zero-order chi connectivity index (χ0) is 10.8. The van der Waals surface area contributed by atoms with Gasteiger partial charge in [0.05, 0.1) is 0 Å². The fraction of sp³-hybridized carbons (Fsp3) is 0. The van der Waals surface area contributed by atoms with E-state index in [1.807, 2.05) is 5.38 Å². The highest BCUT2D eigenvalue weighted by molar-refractivity contribution is 7.14. The van der Waals surface area contributed by atoms with E-state index in [-0.39, 0.29) is 0 Å². The Kier molecular flexibility index (Phi) is 3.10. The van der Waals surface area contributed by atoms with Crippen LogP contribution in [0.5, 0.6) is 0 Å². The van der Waals surface area contributed by atoms with E-state index in [2.05, 4.69) is 0 Å². The molecule has 0 bridgehead atoms. The molecular formula is C11H6Cl2OS. The lowest BCUT2D eigenvalue weighted by molar-refractivity contribution is 0.112. The number of halogens is 2. The molecule has 0 atom stereocenters. The topological polar surface area (TPSA) is 17.1 Å². The minimum Gasteiger partial charge on any atom is -0.298 e. The molecule has 1 aromatic heterocycles. The van der Waals surface area contributed by atoms with E-state index in [4.69, 9.17) is 23.2 Å². The molecule has 0 unspecified atom stereocenters. The SMILES string of the molecule is O=Cc1ccsc1-c1cc(Cl)ccc1Cl. The Labute approximate surface area is 101 Å². The van der Waals surface area contributed by atoms with Crippen LogP contribution in [0, 0.1) is 0 Å². The second-order valence-corrected chi connectivity index (χ2v) is 4.71. The Morgan fingerprint density at radius 2 is 2.00 bits per heavy atom. The number of benzene rings is 1. The Bertz CT molecular complexity index is 505. The number of carbonyl (C=O) groups is 1. The molecule has 0 spiro atoms. The van der Waals surface area contributed by atoms with Gasteiger partial charge in [0.25, 0.3) is 0 Å². The second-order valence-electron chi connectivity index (χ2n) is 2.95. The molecular weight excluding hydrogens is 251 g/mol. The highest BCUT2D eigenvalue weighted by atomic mass is 35.5. The highest BCUT2D eigenvalue weighted by Gasteiger charge is 2.10. The number of rotatable bonds is 2. The van der Waals surface area contributed by atoms with Gasteiger partial charge >= 0.3 is 0 Å². The minimum absolute atomic E-state index is 0.602. The van der Waals surface area contributed by atoms with E-state index >= 15 is 0 Å².